The summed E-state index contributed by atoms with van der Waals surface area (Å²) in [6.07, 6.45) is 24.8. The Morgan fingerprint density at radius 3 is 1.59 bits per heavy atom. The molecule has 0 spiro atoms. The second-order valence-corrected chi connectivity index (χ2v) is 10.8. The predicted octanol–water partition coefficient (Wildman–Crippen LogP) is 7.77. The van der Waals surface area contributed by atoms with E-state index in [0.717, 1.165) is 25.8 Å². The molecule has 0 bridgehead atoms. The van der Waals surface area contributed by atoms with Gasteiger partial charge in [0.2, 0.25) is 0 Å². The van der Waals surface area contributed by atoms with Crippen LogP contribution in [0.2, 0.25) is 0 Å². The molecule has 0 aromatic heterocycles. The van der Waals surface area contributed by atoms with Gasteiger partial charge in [-0.3, -0.25) is 4.79 Å². The molecule has 0 aliphatic carbocycles. The first kappa shape index (κ1) is 33.7. The van der Waals surface area contributed by atoms with Crippen molar-refractivity contribution in [3.8, 4) is 0 Å². The van der Waals surface area contributed by atoms with Gasteiger partial charge in [0.25, 0.3) is 6.47 Å². The van der Waals surface area contributed by atoms with E-state index in [0.29, 0.717) is 13.1 Å². The number of unbranched alkanes of at least 4 members (excludes halogenated alkanes) is 17. The Hall–Kier alpha value is -0.260. The molecule has 1 N–H and O–H groups in total. The van der Waals surface area contributed by atoms with Crippen LogP contribution in [0.3, 0.4) is 0 Å². The van der Waals surface area contributed by atoms with E-state index in [2.05, 4.69) is 6.92 Å². The largest absolute Gasteiger partial charge is 0.462 e. The molecule has 0 aromatic rings. The van der Waals surface area contributed by atoms with Crippen molar-refractivity contribution >= 4 is 15.1 Å². The maximum Gasteiger partial charge on any atom is 0.330 e. The van der Waals surface area contributed by atoms with E-state index in [1.54, 1.807) is 0 Å². The van der Waals surface area contributed by atoms with Crippen molar-refractivity contribution in [3.63, 3.8) is 0 Å². The van der Waals surface area contributed by atoms with E-state index in [-0.39, 0.29) is 12.7 Å². The Morgan fingerprint density at radius 1 is 0.735 bits per heavy atom. The molecule has 0 rings (SSSR count). The smallest absolute Gasteiger partial charge is 0.330 e. The maximum absolute atomic E-state index is 10.7. The summed E-state index contributed by atoms with van der Waals surface area (Å²) in [5, 5.41) is 0. The Kier molecular flexibility index (Phi) is 27.1. The first-order valence-corrected chi connectivity index (χ1v) is 15.2. The summed E-state index contributed by atoms with van der Waals surface area (Å²) in [5.41, 5.74) is 0. The summed E-state index contributed by atoms with van der Waals surface area (Å²) in [5.74, 6) is 0. The second-order valence-electron chi connectivity index (χ2n) is 9.82. The second kappa shape index (κ2) is 27.3. The molecule has 6 nitrogen and oxygen atoms in total. The highest BCUT2D eigenvalue weighted by Crippen LogP contribution is 2.33. The number of nitrogens with zero attached hydrogens (tertiary/aromatic N) is 1. The van der Waals surface area contributed by atoms with Crippen LogP contribution in [0, 0.1) is 0 Å². The van der Waals surface area contributed by atoms with Gasteiger partial charge in [0.15, 0.2) is 0 Å². The molecule has 2 unspecified atom stereocenters. The van der Waals surface area contributed by atoms with Gasteiger partial charge in [-0.25, -0.2) is 0 Å². The van der Waals surface area contributed by atoms with Crippen molar-refractivity contribution in [2.45, 2.75) is 135 Å². The molecule has 0 aromatic carbocycles. The van der Waals surface area contributed by atoms with Crippen molar-refractivity contribution in [3.05, 3.63) is 0 Å². The van der Waals surface area contributed by atoms with Crippen molar-refractivity contribution in [1.29, 1.82) is 0 Å². The third kappa shape index (κ3) is 26.3. The minimum atomic E-state index is -1.92. The lowest BCUT2D eigenvalue weighted by Crippen LogP contribution is -2.20. The topological polar surface area (TPSA) is 68.2 Å². The molecule has 0 aliphatic heterocycles. The monoisotopic (exact) mass is 505 g/mol. The van der Waals surface area contributed by atoms with Gasteiger partial charge in [-0.05, 0) is 26.9 Å². The van der Waals surface area contributed by atoms with Crippen LogP contribution in [0.15, 0.2) is 0 Å². The number of likely N-dealkylation sites (N-methyl/N-ethyl adjacent to an activating group) is 1. The quantitative estimate of drug-likeness (QED) is 0.0665. The van der Waals surface area contributed by atoms with Crippen LogP contribution < -0.4 is 0 Å². The number of hydrogen-bond acceptors (Lipinski definition) is 6. The molecule has 0 saturated heterocycles. The molecule has 0 saturated carbocycles. The minimum Gasteiger partial charge on any atom is -0.462 e. The van der Waals surface area contributed by atoms with Crippen molar-refractivity contribution in [2.24, 2.45) is 0 Å². The molecule has 0 fully saturated rings. The van der Waals surface area contributed by atoms with Crippen molar-refractivity contribution in [1.82, 2.24) is 4.90 Å². The van der Waals surface area contributed by atoms with E-state index in [4.69, 9.17) is 13.8 Å². The third-order valence-electron chi connectivity index (χ3n) is 6.24. The molecule has 7 heteroatoms. The Bertz CT molecular complexity index is 414. The highest BCUT2D eigenvalue weighted by Gasteiger charge is 2.14. The fourth-order valence-electron chi connectivity index (χ4n) is 4.03. The van der Waals surface area contributed by atoms with Gasteiger partial charge in [0.1, 0.15) is 6.10 Å². The third-order valence-corrected chi connectivity index (χ3v) is 7.01. The predicted molar refractivity (Wildman–Crippen MR) is 144 cm³/mol. The first-order chi connectivity index (χ1) is 16.6. The van der Waals surface area contributed by atoms with Gasteiger partial charge >= 0.3 is 8.60 Å². The van der Waals surface area contributed by atoms with Gasteiger partial charge in [-0.15, -0.1) is 0 Å². The SMILES string of the molecule is CCCCCCCCCCCCCCCCCCCCC(COP(O)OCCN(C)C)OC=O. The molecule has 0 radical (unpaired) electrons. The van der Waals surface area contributed by atoms with Crippen LogP contribution >= 0.6 is 8.60 Å². The number of ether oxygens (including phenoxy) is 1. The van der Waals surface area contributed by atoms with E-state index >= 15 is 0 Å². The van der Waals surface area contributed by atoms with E-state index in [1.165, 1.54) is 103 Å². The highest BCUT2D eigenvalue weighted by molar-refractivity contribution is 7.40. The zero-order valence-corrected chi connectivity index (χ0v) is 23.6. The average molecular weight is 506 g/mol. The Balaban J connectivity index is 3.43. The summed E-state index contributed by atoms with van der Waals surface area (Å²) in [7, 11) is 1.97. The fraction of sp³-hybridized carbons (Fsp3) is 0.963. The molecule has 0 heterocycles. The molecular formula is C27H56NO5P. The Morgan fingerprint density at radius 2 is 1.18 bits per heavy atom. The molecular weight excluding hydrogens is 449 g/mol. The van der Waals surface area contributed by atoms with Crippen LogP contribution in [0.1, 0.15) is 129 Å². The van der Waals surface area contributed by atoms with Gasteiger partial charge in [-0.2, -0.15) is 0 Å². The van der Waals surface area contributed by atoms with Gasteiger partial charge in [0.05, 0.1) is 13.2 Å². The van der Waals surface area contributed by atoms with E-state index in [1.807, 2.05) is 19.0 Å². The average Bonchev–Trinajstić information content (AvgIpc) is 2.81. The summed E-state index contributed by atoms with van der Waals surface area (Å²) >= 11 is 0. The normalized spacial score (nSPS) is 13.3. The molecule has 34 heavy (non-hydrogen) atoms. The zero-order chi connectivity index (χ0) is 25.1. The number of carbonyl (C=O) groups is 1. The van der Waals surface area contributed by atoms with Gasteiger partial charge in [-0.1, -0.05) is 116 Å². The number of rotatable bonds is 28. The molecule has 0 aliphatic rings. The summed E-state index contributed by atoms with van der Waals surface area (Å²) in [4.78, 5) is 22.5. The first-order valence-electron chi connectivity index (χ1n) is 14.1. The summed E-state index contributed by atoms with van der Waals surface area (Å²) < 4.78 is 15.7. The highest BCUT2D eigenvalue weighted by atomic mass is 31.2. The van der Waals surface area contributed by atoms with Gasteiger partial charge in [0, 0.05) is 6.54 Å². The van der Waals surface area contributed by atoms with E-state index in [9.17, 15) is 9.69 Å². The molecule has 0 amide bonds. The van der Waals surface area contributed by atoms with Gasteiger partial charge < -0.3 is 23.6 Å². The van der Waals surface area contributed by atoms with Crippen LogP contribution in [0.25, 0.3) is 0 Å². The fourth-order valence-corrected chi connectivity index (χ4v) is 4.63. The van der Waals surface area contributed by atoms with Crippen molar-refractivity contribution in [2.75, 3.05) is 33.9 Å². The van der Waals surface area contributed by atoms with Crippen molar-refractivity contribution < 1.29 is 23.5 Å². The standard InChI is InChI=1S/C27H56NO5P/c1-4-5-6-7-8-9-10-11-12-13-14-15-16-17-18-19-20-21-22-27(31-26-29)25-33-34(30)32-24-23-28(2)3/h26-27,30H,4-25H2,1-3H3. The lowest BCUT2D eigenvalue weighted by atomic mass is 10.0. The Labute approximate surface area is 212 Å². The number of carbonyl (C=O) groups excluding carboxylic acids is 1. The molecule has 2 atom stereocenters. The minimum absolute atomic E-state index is 0.182. The number of hydrogen-bond donors (Lipinski definition) is 1. The van der Waals surface area contributed by atoms with E-state index < -0.39 is 8.60 Å². The molecule has 204 valence electrons. The zero-order valence-electron chi connectivity index (χ0n) is 22.7. The van der Waals surface area contributed by atoms with Crippen LogP contribution in [-0.2, 0) is 18.6 Å². The van der Waals surface area contributed by atoms with Crippen LogP contribution in [-0.4, -0.2) is 56.2 Å². The van der Waals surface area contributed by atoms with Crippen LogP contribution in [0.4, 0.5) is 0 Å². The van der Waals surface area contributed by atoms with Crippen LogP contribution in [0.5, 0.6) is 0 Å². The lowest BCUT2D eigenvalue weighted by Gasteiger charge is -2.18. The summed E-state index contributed by atoms with van der Waals surface area (Å²) in [6.45, 7) is 4.06. The lowest BCUT2D eigenvalue weighted by molar-refractivity contribution is -0.135. The maximum atomic E-state index is 10.7. The summed E-state index contributed by atoms with van der Waals surface area (Å²) in [6, 6.07) is 0.